The molecule has 1 heterocycles. The zero-order valence-corrected chi connectivity index (χ0v) is 16.3. The van der Waals surface area contributed by atoms with Gasteiger partial charge in [0.2, 0.25) is 5.91 Å². The van der Waals surface area contributed by atoms with Gasteiger partial charge in [-0.2, -0.15) is 0 Å². The molecule has 3 rings (SSSR count). The van der Waals surface area contributed by atoms with Crippen LogP contribution in [-0.4, -0.2) is 25.9 Å². The first-order valence-corrected chi connectivity index (χ1v) is 9.30. The summed E-state index contributed by atoms with van der Waals surface area (Å²) in [6.07, 6.45) is 0. The highest BCUT2D eigenvalue weighted by atomic mass is 35.5. The number of halogens is 4. The summed E-state index contributed by atoms with van der Waals surface area (Å²) in [6, 6.07) is 8.83. The molecule has 0 aliphatic rings. The Bertz CT molecular complexity index is 1040. The van der Waals surface area contributed by atoms with Gasteiger partial charge in [-0.1, -0.05) is 35.5 Å². The average molecular weight is 427 g/mol. The van der Waals surface area contributed by atoms with Gasteiger partial charge in [-0.25, -0.2) is 13.2 Å². The molecule has 0 saturated carbocycles. The molecule has 28 heavy (non-hydrogen) atoms. The van der Waals surface area contributed by atoms with E-state index in [0.717, 1.165) is 23.9 Å². The Morgan fingerprint density at radius 2 is 1.86 bits per heavy atom. The van der Waals surface area contributed by atoms with E-state index >= 15 is 0 Å². The van der Waals surface area contributed by atoms with Crippen LogP contribution < -0.4 is 5.32 Å². The van der Waals surface area contributed by atoms with Gasteiger partial charge in [-0.05, 0) is 31.2 Å². The van der Waals surface area contributed by atoms with Crippen LogP contribution in [0.15, 0.2) is 41.6 Å². The number of carbonyl (C=O) groups is 1. The van der Waals surface area contributed by atoms with Crippen LogP contribution in [0, 0.1) is 17.5 Å². The Balaban J connectivity index is 1.75. The Hall–Kier alpha value is -2.52. The maximum Gasteiger partial charge on any atom is 0.237 e. The van der Waals surface area contributed by atoms with Gasteiger partial charge in [0.25, 0.3) is 0 Å². The number of rotatable bonds is 5. The predicted molar refractivity (Wildman–Crippen MR) is 102 cm³/mol. The molecule has 1 N–H and O–H groups in total. The molecule has 146 valence electrons. The second-order valence-corrected chi connectivity index (χ2v) is 7.53. The lowest BCUT2D eigenvalue weighted by Gasteiger charge is -2.12. The molecule has 2 aromatic carbocycles. The molecule has 1 unspecified atom stereocenters. The molecule has 3 aromatic rings. The summed E-state index contributed by atoms with van der Waals surface area (Å²) in [5, 5.41) is 10.6. The fourth-order valence-electron chi connectivity index (χ4n) is 2.36. The third-order valence-corrected chi connectivity index (χ3v) is 5.36. The third kappa shape index (κ3) is 4.00. The van der Waals surface area contributed by atoms with Crippen LogP contribution in [0.25, 0.3) is 11.4 Å². The molecule has 1 amide bonds. The minimum absolute atomic E-state index is 0.434. The van der Waals surface area contributed by atoms with Gasteiger partial charge >= 0.3 is 0 Å². The molecule has 5 nitrogen and oxygen atoms in total. The van der Waals surface area contributed by atoms with E-state index in [1.165, 1.54) is 0 Å². The number of hydrogen-bond acceptors (Lipinski definition) is 4. The number of amides is 1. The van der Waals surface area contributed by atoms with Crippen molar-refractivity contribution in [3.8, 4) is 11.4 Å². The van der Waals surface area contributed by atoms with Gasteiger partial charge < -0.3 is 9.88 Å². The Morgan fingerprint density at radius 3 is 2.57 bits per heavy atom. The minimum atomic E-state index is -1.64. The second-order valence-electron chi connectivity index (χ2n) is 5.82. The van der Waals surface area contributed by atoms with Gasteiger partial charge in [-0.15, -0.1) is 10.2 Å². The van der Waals surface area contributed by atoms with E-state index < -0.39 is 34.3 Å². The van der Waals surface area contributed by atoms with E-state index in [2.05, 4.69) is 15.5 Å². The molecule has 0 radical (unpaired) electrons. The molecule has 1 atom stereocenters. The summed E-state index contributed by atoms with van der Waals surface area (Å²) in [5.74, 6) is -4.50. The van der Waals surface area contributed by atoms with Crippen molar-refractivity contribution in [1.29, 1.82) is 0 Å². The highest BCUT2D eigenvalue weighted by Gasteiger charge is 2.22. The summed E-state index contributed by atoms with van der Waals surface area (Å²) >= 11 is 7.26. The lowest BCUT2D eigenvalue weighted by molar-refractivity contribution is -0.115. The van der Waals surface area contributed by atoms with E-state index in [4.69, 9.17) is 11.6 Å². The number of anilines is 1. The van der Waals surface area contributed by atoms with Gasteiger partial charge in [0.1, 0.15) is 0 Å². The number of nitrogens with one attached hydrogen (secondary N) is 1. The van der Waals surface area contributed by atoms with Gasteiger partial charge in [-0.3, -0.25) is 4.79 Å². The van der Waals surface area contributed by atoms with E-state index in [9.17, 15) is 18.0 Å². The molecule has 0 bridgehead atoms. The van der Waals surface area contributed by atoms with Crippen molar-refractivity contribution in [1.82, 2.24) is 14.8 Å². The van der Waals surface area contributed by atoms with E-state index in [0.29, 0.717) is 21.6 Å². The first-order chi connectivity index (χ1) is 13.3. The van der Waals surface area contributed by atoms with Crippen LogP contribution in [0.1, 0.15) is 6.92 Å². The molecular formula is C18H14ClF3N4OS. The lowest BCUT2D eigenvalue weighted by Crippen LogP contribution is -2.23. The fraction of sp³-hybridized carbons (Fsp3) is 0.167. The molecule has 0 fully saturated rings. The standard InChI is InChI=1S/C18H14ClF3N4OS/c1-9(17(27)23-13-8-7-12(20)14(21)15(13)22)28-18-25-24-16(26(18)2)10-5-3-4-6-11(10)19/h3-9H,1-2H3,(H,23,27). The van der Waals surface area contributed by atoms with Crippen molar-refractivity contribution >= 4 is 35.0 Å². The molecule has 0 aliphatic heterocycles. The number of benzene rings is 2. The Morgan fingerprint density at radius 1 is 1.14 bits per heavy atom. The van der Waals surface area contributed by atoms with Crippen molar-refractivity contribution in [2.45, 2.75) is 17.3 Å². The lowest BCUT2D eigenvalue weighted by atomic mass is 10.2. The quantitative estimate of drug-likeness (QED) is 0.475. The van der Waals surface area contributed by atoms with Crippen molar-refractivity contribution < 1.29 is 18.0 Å². The van der Waals surface area contributed by atoms with Crippen LogP contribution in [0.2, 0.25) is 5.02 Å². The number of nitrogens with zero attached hydrogens (tertiary/aromatic N) is 3. The fourth-order valence-corrected chi connectivity index (χ4v) is 3.40. The van der Waals surface area contributed by atoms with Crippen LogP contribution in [0.5, 0.6) is 0 Å². The maximum atomic E-state index is 13.7. The van der Waals surface area contributed by atoms with Crippen molar-refractivity contribution in [3.63, 3.8) is 0 Å². The Labute approximate surface area is 167 Å². The smallest absolute Gasteiger partial charge is 0.237 e. The van der Waals surface area contributed by atoms with E-state index in [1.807, 2.05) is 6.07 Å². The number of hydrogen-bond donors (Lipinski definition) is 1. The monoisotopic (exact) mass is 426 g/mol. The third-order valence-electron chi connectivity index (χ3n) is 3.89. The molecule has 0 aliphatic carbocycles. The maximum absolute atomic E-state index is 13.7. The zero-order valence-electron chi connectivity index (χ0n) is 14.7. The molecule has 0 saturated heterocycles. The highest BCUT2D eigenvalue weighted by Crippen LogP contribution is 2.30. The van der Waals surface area contributed by atoms with Crippen LogP contribution in [0.4, 0.5) is 18.9 Å². The van der Waals surface area contributed by atoms with Crippen LogP contribution in [-0.2, 0) is 11.8 Å². The van der Waals surface area contributed by atoms with Crippen molar-refractivity contribution in [2.75, 3.05) is 5.32 Å². The summed E-state index contributed by atoms with van der Waals surface area (Å²) in [5.41, 5.74) is 0.248. The Kier molecular flexibility index (Phi) is 5.95. The number of carbonyl (C=O) groups excluding carboxylic acids is 1. The summed E-state index contributed by atoms with van der Waals surface area (Å²) in [6.45, 7) is 1.57. The number of aromatic nitrogens is 3. The van der Waals surface area contributed by atoms with Crippen LogP contribution >= 0.6 is 23.4 Å². The molecule has 10 heteroatoms. The molecular weight excluding hydrogens is 413 g/mol. The van der Waals surface area contributed by atoms with Gasteiger partial charge in [0, 0.05) is 12.6 Å². The topological polar surface area (TPSA) is 59.8 Å². The predicted octanol–water partition coefficient (Wildman–Crippen LogP) is 4.67. The van der Waals surface area contributed by atoms with E-state index in [1.54, 1.807) is 36.7 Å². The summed E-state index contributed by atoms with van der Waals surface area (Å²) < 4.78 is 41.7. The SMILES string of the molecule is CC(Sc1nnc(-c2ccccc2Cl)n1C)C(=O)Nc1ccc(F)c(F)c1F. The minimum Gasteiger partial charge on any atom is -0.323 e. The summed E-state index contributed by atoms with van der Waals surface area (Å²) in [4.78, 5) is 12.3. The second kappa shape index (κ2) is 8.24. The number of thioether (sulfide) groups is 1. The highest BCUT2D eigenvalue weighted by molar-refractivity contribution is 8.00. The van der Waals surface area contributed by atoms with E-state index in [-0.39, 0.29) is 0 Å². The largest absolute Gasteiger partial charge is 0.323 e. The normalized spacial score (nSPS) is 12.1. The zero-order chi connectivity index (χ0) is 20.4. The average Bonchev–Trinajstić information content (AvgIpc) is 3.02. The van der Waals surface area contributed by atoms with Crippen LogP contribution in [0.3, 0.4) is 0 Å². The molecule has 1 aromatic heterocycles. The van der Waals surface area contributed by atoms with Gasteiger partial charge in [0.15, 0.2) is 28.4 Å². The first kappa shape index (κ1) is 20.2. The summed E-state index contributed by atoms with van der Waals surface area (Å²) in [7, 11) is 1.72. The first-order valence-electron chi connectivity index (χ1n) is 8.05. The van der Waals surface area contributed by atoms with Crippen molar-refractivity contribution in [3.05, 3.63) is 58.9 Å². The van der Waals surface area contributed by atoms with Gasteiger partial charge in [0.05, 0.1) is 16.0 Å². The molecule has 0 spiro atoms. The van der Waals surface area contributed by atoms with Crippen molar-refractivity contribution in [2.24, 2.45) is 7.05 Å².